The second-order valence-electron chi connectivity index (χ2n) is 5.55. The molecule has 1 heterocycles. The monoisotopic (exact) mass is 373 g/mol. The van der Waals surface area contributed by atoms with Crippen molar-refractivity contribution in [3.63, 3.8) is 0 Å². The van der Waals surface area contributed by atoms with E-state index in [4.69, 9.17) is 0 Å². The molecule has 0 unspecified atom stereocenters. The molecule has 3 rings (SSSR count). The molecule has 0 radical (unpaired) electrons. The number of rotatable bonds is 5. The zero-order valence-electron chi connectivity index (χ0n) is 13.4. The van der Waals surface area contributed by atoms with E-state index in [9.17, 15) is 22.3 Å². The molecule has 3 N–H and O–H groups in total. The van der Waals surface area contributed by atoms with Crippen LogP contribution in [0.2, 0.25) is 0 Å². The second-order valence-corrected chi connectivity index (χ2v) is 7.33. The fourth-order valence-electron chi connectivity index (χ4n) is 2.80. The summed E-state index contributed by atoms with van der Waals surface area (Å²) in [5, 5.41) is 2.94. The number of anilines is 3. The summed E-state index contributed by atoms with van der Waals surface area (Å²) < 4.78 is 65.5. The van der Waals surface area contributed by atoms with E-state index in [0.717, 1.165) is 22.5 Å². The van der Waals surface area contributed by atoms with Gasteiger partial charge in [0, 0.05) is 12.6 Å². The lowest BCUT2D eigenvalue weighted by molar-refractivity contribution is 0.481. The van der Waals surface area contributed by atoms with Gasteiger partial charge in [-0.15, -0.1) is 0 Å². The fraction of sp³-hybridized carbons (Fsp3) is 0.250. The average Bonchev–Trinajstić information content (AvgIpc) is 2.77. The molecule has 0 amide bonds. The van der Waals surface area contributed by atoms with Crippen molar-refractivity contribution in [1.82, 2.24) is 5.32 Å². The Morgan fingerprint density at radius 2 is 1.80 bits per heavy atom. The van der Waals surface area contributed by atoms with Crippen LogP contribution in [0.25, 0.3) is 0 Å². The molecule has 5 nitrogen and oxygen atoms in total. The van der Waals surface area contributed by atoms with Gasteiger partial charge in [0.15, 0.2) is 11.6 Å². The van der Waals surface area contributed by atoms with Crippen LogP contribution in [0.3, 0.4) is 0 Å². The van der Waals surface area contributed by atoms with Crippen molar-refractivity contribution in [2.75, 3.05) is 28.7 Å². The summed E-state index contributed by atoms with van der Waals surface area (Å²) >= 11 is 0. The molecule has 2 aromatic rings. The Kier molecular flexibility index (Phi) is 4.83. The van der Waals surface area contributed by atoms with E-state index in [1.165, 1.54) is 16.4 Å². The summed E-state index contributed by atoms with van der Waals surface area (Å²) in [6.07, 6.45) is 0.558. The molecule has 136 valence electrons. The maximum Gasteiger partial charge on any atom is 0.151 e. The highest BCUT2D eigenvalue weighted by atomic mass is 32.3. The van der Waals surface area contributed by atoms with Crippen molar-refractivity contribution in [2.45, 2.75) is 6.42 Å². The van der Waals surface area contributed by atoms with Gasteiger partial charge in [0.1, 0.15) is 17.2 Å². The zero-order chi connectivity index (χ0) is 18.2. The molecule has 0 atom stereocenters. The van der Waals surface area contributed by atoms with E-state index in [2.05, 4.69) is 5.32 Å². The molecule has 0 bridgehead atoms. The molecule has 25 heavy (non-hydrogen) atoms. The number of nitrogens with one attached hydrogen (secondary N) is 1. The molecular weight excluding hydrogens is 355 g/mol. The zero-order valence-corrected chi connectivity index (χ0v) is 14.2. The van der Waals surface area contributed by atoms with Gasteiger partial charge in [-0.2, -0.15) is 0 Å². The number of hydrogen-bond acceptors (Lipinski definition) is 5. The van der Waals surface area contributed by atoms with Crippen LogP contribution < -0.4 is 13.9 Å². The summed E-state index contributed by atoms with van der Waals surface area (Å²) in [5.41, 5.74) is -0.193. The Bertz CT molecular complexity index is 791. The van der Waals surface area contributed by atoms with Gasteiger partial charge in [0.2, 0.25) is 0 Å². The van der Waals surface area contributed by atoms with Crippen molar-refractivity contribution in [2.24, 2.45) is 0 Å². The van der Waals surface area contributed by atoms with Crippen LogP contribution in [0, 0.1) is 17.5 Å². The van der Waals surface area contributed by atoms with Crippen LogP contribution in [0.1, 0.15) is 6.42 Å². The maximum absolute atomic E-state index is 14.5. The Morgan fingerprint density at radius 3 is 2.48 bits per heavy atom. The quantitative estimate of drug-likeness (QED) is 0.684. The highest BCUT2D eigenvalue weighted by molar-refractivity contribution is 8.27. The van der Waals surface area contributed by atoms with E-state index in [1.54, 1.807) is 7.05 Å². The third kappa shape index (κ3) is 3.04. The lowest BCUT2D eigenvalue weighted by Crippen LogP contribution is -2.33. The van der Waals surface area contributed by atoms with Crippen LogP contribution in [0.15, 0.2) is 36.4 Å². The number of benzene rings is 2. The minimum absolute atomic E-state index is 0.141. The lowest BCUT2D eigenvalue weighted by Gasteiger charge is -2.43. The molecule has 0 aliphatic carbocycles. The Labute approximate surface area is 145 Å². The molecule has 0 saturated heterocycles. The van der Waals surface area contributed by atoms with Crippen molar-refractivity contribution < 1.29 is 22.3 Å². The molecule has 1 aliphatic rings. The van der Waals surface area contributed by atoms with E-state index in [-0.39, 0.29) is 23.6 Å². The van der Waals surface area contributed by atoms with Gasteiger partial charge in [0.05, 0.1) is 5.69 Å². The van der Waals surface area contributed by atoms with Crippen molar-refractivity contribution in [3.05, 3.63) is 53.8 Å². The third-order valence-corrected chi connectivity index (χ3v) is 5.73. The standard InChI is InChI=1S/C16H18F3N3O2S/c1-20-8-3-9-21-15-5-2-4-12(18)16(15)22(25(21,23)24)14-7-6-11(17)10-13(14)19/h2,4-7,10,20,23-24H,3,8-9H2,1H3. The largest absolute Gasteiger partial charge is 0.320 e. The predicted molar refractivity (Wildman–Crippen MR) is 93.6 cm³/mol. The molecule has 0 spiro atoms. The number of hydrogen-bond donors (Lipinski definition) is 3. The third-order valence-electron chi connectivity index (χ3n) is 3.89. The van der Waals surface area contributed by atoms with Gasteiger partial charge >= 0.3 is 0 Å². The first-order valence-electron chi connectivity index (χ1n) is 7.62. The molecule has 0 fully saturated rings. The molecule has 0 saturated carbocycles. The van der Waals surface area contributed by atoms with Crippen molar-refractivity contribution >= 4 is 28.0 Å². The number of fused-ring (bicyclic) bond motifs is 1. The highest BCUT2D eigenvalue weighted by Gasteiger charge is 2.44. The molecule has 2 aromatic carbocycles. The van der Waals surface area contributed by atoms with Crippen LogP contribution >= 0.6 is 11.0 Å². The molecule has 1 aliphatic heterocycles. The predicted octanol–water partition coefficient (Wildman–Crippen LogP) is 4.25. The SMILES string of the molecule is CNCCCN1c2cccc(F)c2N(c2ccc(F)cc2F)S1(O)O. The first kappa shape index (κ1) is 17.9. The average molecular weight is 373 g/mol. The summed E-state index contributed by atoms with van der Waals surface area (Å²) in [4.78, 5) is 0. The highest BCUT2D eigenvalue weighted by Crippen LogP contribution is 2.65. The number of halogens is 3. The van der Waals surface area contributed by atoms with Gasteiger partial charge in [-0.1, -0.05) is 6.07 Å². The van der Waals surface area contributed by atoms with Gasteiger partial charge in [0.25, 0.3) is 0 Å². The summed E-state index contributed by atoms with van der Waals surface area (Å²) in [7, 11) is -1.98. The molecule has 9 heteroatoms. The van der Waals surface area contributed by atoms with E-state index >= 15 is 0 Å². The van der Waals surface area contributed by atoms with Crippen LogP contribution in [0.5, 0.6) is 0 Å². The summed E-state index contributed by atoms with van der Waals surface area (Å²) in [6.45, 7) is 0.834. The van der Waals surface area contributed by atoms with Crippen LogP contribution in [0.4, 0.5) is 30.2 Å². The van der Waals surface area contributed by atoms with Crippen molar-refractivity contribution in [3.8, 4) is 0 Å². The van der Waals surface area contributed by atoms with Gasteiger partial charge in [-0.25, -0.2) is 17.5 Å². The Hall–Kier alpha value is -1.94. The number of para-hydroxylation sites is 1. The maximum atomic E-state index is 14.5. The second kappa shape index (κ2) is 6.75. The smallest absolute Gasteiger partial charge is 0.151 e. The van der Waals surface area contributed by atoms with Gasteiger partial charge in [-0.3, -0.25) is 13.4 Å². The van der Waals surface area contributed by atoms with E-state index in [1.807, 2.05) is 0 Å². The van der Waals surface area contributed by atoms with Crippen molar-refractivity contribution in [1.29, 1.82) is 0 Å². The minimum Gasteiger partial charge on any atom is -0.320 e. The minimum atomic E-state index is -3.74. The first-order chi connectivity index (χ1) is 11.9. The van der Waals surface area contributed by atoms with Gasteiger partial charge in [-0.05, 0) is 55.2 Å². The van der Waals surface area contributed by atoms with Crippen LogP contribution in [-0.2, 0) is 0 Å². The first-order valence-corrected chi connectivity index (χ1v) is 9.08. The van der Waals surface area contributed by atoms with Gasteiger partial charge < -0.3 is 5.32 Å². The molecule has 0 aromatic heterocycles. The molecular formula is C16H18F3N3O2S. The topological polar surface area (TPSA) is 59.0 Å². The fourth-order valence-corrected chi connectivity index (χ4v) is 4.62. The Balaban J connectivity index is 2.12. The summed E-state index contributed by atoms with van der Waals surface area (Å²) in [5.74, 6) is -2.54. The van der Waals surface area contributed by atoms with E-state index in [0.29, 0.717) is 19.0 Å². The van der Waals surface area contributed by atoms with Crippen LogP contribution in [-0.4, -0.2) is 29.2 Å². The normalized spacial score (nSPS) is 16.9. The lowest BCUT2D eigenvalue weighted by atomic mass is 10.2. The summed E-state index contributed by atoms with van der Waals surface area (Å²) in [6, 6.07) is 6.80. The number of nitrogens with zero attached hydrogens (tertiary/aromatic N) is 2. The Morgan fingerprint density at radius 1 is 1.04 bits per heavy atom. The van der Waals surface area contributed by atoms with E-state index < -0.39 is 28.4 Å².